The summed E-state index contributed by atoms with van der Waals surface area (Å²) >= 11 is 1.52. The molecule has 2 heterocycles. The lowest BCUT2D eigenvalue weighted by Crippen LogP contribution is -2.23. The van der Waals surface area contributed by atoms with Gasteiger partial charge in [0, 0.05) is 30.2 Å². The molecule has 0 atom stereocenters. The molecular formula is C16H16N4OS. The van der Waals surface area contributed by atoms with Crippen molar-refractivity contribution >= 4 is 38.3 Å². The van der Waals surface area contributed by atoms with Gasteiger partial charge < -0.3 is 10.6 Å². The average molecular weight is 312 g/mol. The number of anilines is 2. The van der Waals surface area contributed by atoms with Crippen LogP contribution in [0.5, 0.6) is 0 Å². The number of fused-ring (bicyclic) bond motifs is 1. The van der Waals surface area contributed by atoms with Crippen LogP contribution in [0.4, 0.5) is 10.8 Å². The lowest BCUT2D eigenvalue weighted by Gasteiger charge is -2.02. The van der Waals surface area contributed by atoms with E-state index in [-0.39, 0.29) is 5.91 Å². The predicted molar refractivity (Wildman–Crippen MR) is 89.8 cm³/mol. The summed E-state index contributed by atoms with van der Waals surface area (Å²) in [6.07, 6.45) is 4.38. The molecule has 2 aromatic heterocycles. The van der Waals surface area contributed by atoms with Gasteiger partial charge in [0.1, 0.15) is 0 Å². The minimum Gasteiger partial charge on any atom is -0.352 e. The minimum atomic E-state index is -0.0409. The van der Waals surface area contributed by atoms with Crippen molar-refractivity contribution in [2.24, 2.45) is 0 Å². The van der Waals surface area contributed by atoms with E-state index in [0.29, 0.717) is 12.1 Å². The summed E-state index contributed by atoms with van der Waals surface area (Å²) in [4.78, 5) is 20.5. The molecule has 112 valence electrons. The van der Waals surface area contributed by atoms with Gasteiger partial charge in [-0.1, -0.05) is 18.3 Å². The van der Waals surface area contributed by atoms with Crippen LogP contribution in [0.3, 0.4) is 0 Å². The Morgan fingerprint density at radius 2 is 2.05 bits per heavy atom. The van der Waals surface area contributed by atoms with Crippen LogP contribution >= 0.6 is 11.3 Å². The Bertz CT molecular complexity index is 785. The molecule has 3 rings (SSSR count). The number of carbonyl (C=O) groups excluding carboxylic acids is 1. The summed E-state index contributed by atoms with van der Waals surface area (Å²) < 4.78 is 0.987. The number of benzene rings is 1. The van der Waals surface area contributed by atoms with E-state index in [2.05, 4.69) is 20.6 Å². The van der Waals surface area contributed by atoms with Gasteiger partial charge in [0.2, 0.25) is 0 Å². The Hall–Kier alpha value is -2.47. The molecule has 0 aliphatic rings. The number of carbonyl (C=O) groups is 1. The number of rotatable bonds is 5. The highest BCUT2D eigenvalue weighted by atomic mass is 32.1. The van der Waals surface area contributed by atoms with Crippen molar-refractivity contribution in [1.29, 1.82) is 0 Å². The molecule has 0 unspecified atom stereocenters. The van der Waals surface area contributed by atoms with Crippen molar-refractivity contribution in [1.82, 2.24) is 15.3 Å². The van der Waals surface area contributed by atoms with Crippen molar-refractivity contribution in [3.63, 3.8) is 0 Å². The van der Waals surface area contributed by atoms with Crippen molar-refractivity contribution in [2.45, 2.75) is 13.3 Å². The topological polar surface area (TPSA) is 66.9 Å². The molecule has 6 heteroatoms. The number of thiazole rings is 1. The summed E-state index contributed by atoms with van der Waals surface area (Å²) in [7, 11) is 0. The van der Waals surface area contributed by atoms with E-state index in [1.54, 1.807) is 12.4 Å². The highest BCUT2D eigenvalue weighted by Gasteiger charge is 2.09. The monoisotopic (exact) mass is 312 g/mol. The molecule has 0 aliphatic carbocycles. The number of hydrogen-bond acceptors (Lipinski definition) is 5. The SMILES string of the molecule is CCCNC(=O)c1ccc2nc(Nc3ccncc3)sc2c1. The van der Waals surface area contributed by atoms with E-state index in [4.69, 9.17) is 0 Å². The highest BCUT2D eigenvalue weighted by molar-refractivity contribution is 7.22. The molecule has 0 bridgehead atoms. The fourth-order valence-electron chi connectivity index (χ4n) is 2.02. The molecule has 0 saturated carbocycles. The summed E-state index contributed by atoms with van der Waals surface area (Å²) in [5.41, 5.74) is 2.49. The molecule has 22 heavy (non-hydrogen) atoms. The third kappa shape index (κ3) is 3.23. The summed E-state index contributed by atoms with van der Waals surface area (Å²) in [6, 6.07) is 9.34. The van der Waals surface area contributed by atoms with Crippen LogP contribution < -0.4 is 10.6 Å². The molecular weight excluding hydrogens is 296 g/mol. The van der Waals surface area contributed by atoms with E-state index in [1.807, 2.05) is 37.3 Å². The Morgan fingerprint density at radius 1 is 1.23 bits per heavy atom. The molecule has 1 aromatic carbocycles. The Morgan fingerprint density at radius 3 is 2.82 bits per heavy atom. The lowest BCUT2D eigenvalue weighted by atomic mass is 10.2. The third-order valence-electron chi connectivity index (χ3n) is 3.12. The van der Waals surface area contributed by atoms with Crippen molar-refractivity contribution in [3.8, 4) is 0 Å². The van der Waals surface area contributed by atoms with E-state index in [1.165, 1.54) is 11.3 Å². The maximum absolute atomic E-state index is 12.0. The molecule has 0 spiro atoms. The van der Waals surface area contributed by atoms with Crippen LogP contribution in [0, 0.1) is 0 Å². The van der Waals surface area contributed by atoms with Gasteiger partial charge >= 0.3 is 0 Å². The quantitative estimate of drug-likeness (QED) is 0.756. The zero-order valence-electron chi connectivity index (χ0n) is 12.2. The van der Waals surface area contributed by atoms with Crippen molar-refractivity contribution in [2.75, 3.05) is 11.9 Å². The molecule has 0 aliphatic heterocycles. The second-order valence-corrected chi connectivity index (χ2v) is 5.85. The first-order chi connectivity index (χ1) is 10.8. The molecule has 3 aromatic rings. The van der Waals surface area contributed by atoms with Gasteiger partial charge in [-0.15, -0.1) is 0 Å². The van der Waals surface area contributed by atoms with E-state index < -0.39 is 0 Å². The van der Waals surface area contributed by atoms with Gasteiger partial charge in [0.25, 0.3) is 5.91 Å². The fraction of sp³-hybridized carbons (Fsp3) is 0.188. The van der Waals surface area contributed by atoms with Crippen LogP contribution in [0.2, 0.25) is 0 Å². The van der Waals surface area contributed by atoms with E-state index in [0.717, 1.165) is 27.5 Å². The molecule has 2 N–H and O–H groups in total. The number of amides is 1. The maximum atomic E-state index is 12.0. The standard InChI is InChI=1S/C16H16N4OS/c1-2-7-18-15(21)11-3-4-13-14(10-11)22-16(20-13)19-12-5-8-17-9-6-12/h3-6,8-10H,2,7H2,1H3,(H,18,21)(H,17,19,20). The predicted octanol–water partition coefficient (Wildman–Crippen LogP) is 3.57. The molecule has 0 fully saturated rings. The Balaban J connectivity index is 1.82. The van der Waals surface area contributed by atoms with Crippen molar-refractivity contribution in [3.05, 3.63) is 48.3 Å². The van der Waals surface area contributed by atoms with E-state index >= 15 is 0 Å². The molecule has 5 nitrogen and oxygen atoms in total. The normalized spacial score (nSPS) is 10.6. The number of nitrogens with one attached hydrogen (secondary N) is 2. The second kappa shape index (κ2) is 6.53. The number of aromatic nitrogens is 2. The number of hydrogen-bond donors (Lipinski definition) is 2. The smallest absolute Gasteiger partial charge is 0.251 e. The largest absolute Gasteiger partial charge is 0.352 e. The fourth-order valence-corrected chi connectivity index (χ4v) is 2.94. The van der Waals surface area contributed by atoms with Gasteiger partial charge in [-0.3, -0.25) is 9.78 Å². The first-order valence-electron chi connectivity index (χ1n) is 7.12. The summed E-state index contributed by atoms with van der Waals surface area (Å²) in [5.74, 6) is -0.0409. The van der Waals surface area contributed by atoms with Crippen LogP contribution in [0.25, 0.3) is 10.2 Å². The van der Waals surface area contributed by atoms with Crippen LogP contribution in [0.15, 0.2) is 42.7 Å². The lowest BCUT2D eigenvalue weighted by molar-refractivity contribution is 0.0954. The Kier molecular flexibility index (Phi) is 4.29. The zero-order chi connectivity index (χ0) is 15.4. The van der Waals surface area contributed by atoms with Gasteiger partial charge in [0.15, 0.2) is 5.13 Å². The zero-order valence-corrected chi connectivity index (χ0v) is 13.0. The highest BCUT2D eigenvalue weighted by Crippen LogP contribution is 2.28. The van der Waals surface area contributed by atoms with E-state index in [9.17, 15) is 4.79 Å². The first kappa shape index (κ1) is 14.5. The van der Waals surface area contributed by atoms with Gasteiger partial charge in [0.05, 0.1) is 10.2 Å². The van der Waals surface area contributed by atoms with Crippen LogP contribution in [-0.2, 0) is 0 Å². The van der Waals surface area contributed by atoms with Crippen molar-refractivity contribution < 1.29 is 4.79 Å². The molecule has 1 amide bonds. The number of pyridine rings is 1. The van der Waals surface area contributed by atoms with Crippen LogP contribution in [0.1, 0.15) is 23.7 Å². The third-order valence-corrected chi connectivity index (χ3v) is 4.05. The van der Waals surface area contributed by atoms with Gasteiger partial charge in [-0.2, -0.15) is 0 Å². The minimum absolute atomic E-state index is 0.0409. The van der Waals surface area contributed by atoms with Crippen LogP contribution in [-0.4, -0.2) is 22.4 Å². The molecule has 0 radical (unpaired) electrons. The van der Waals surface area contributed by atoms with Gasteiger partial charge in [-0.25, -0.2) is 4.98 Å². The second-order valence-electron chi connectivity index (χ2n) is 4.82. The molecule has 0 saturated heterocycles. The Labute approximate surface area is 132 Å². The first-order valence-corrected chi connectivity index (χ1v) is 7.94. The number of nitrogens with zero attached hydrogens (tertiary/aromatic N) is 2. The summed E-state index contributed by atoms with van der Waals surface area (Å²) in [5, 5.41) is 6.92. The summed E-state index contributed by atoms with van der Waals surface area (Å²) in [6.45, 7) is 2.72. The van der Waals surface area contributed by atoms with Gasteiger partial charge in [-0.05, 0) is 36.8 Å². The maximum Gasteiger partial charge on any atom is 0.251 e. The average Bonchev–Trinajstić information content (AvgIpc) is 2.94.